The quantitative estimate of drug-likeness (QED) is 0.606. The first-order valence-electron chi connectivity index (χ1n) is 9.17. The van der Waals surface area contributed by atoms with Crippen LogP contribution in [0.2, 0.25) is 0 Å². The Morgan fingerprint density at radius 2 is 1.81 bits per heavy atom. The molecule has 0 spiro atoms. The van der Waals surface area contributed by atoms with E-state index >= 15 is 0 Å². The van der Waals surface area contributed by atoms with Crippen molar-refractivity contribution in [2.45, 2.75) is 55.5 Å². The van der Waals surface area contributed by atoms with Crippen LogP contribution in [-0.2, 0) is 14.8 Å². The van der Waals surface area contributed by atoms with Gasteiger partial charge in [-0.15, -0.1) is 0 Å². The smallest absolute Gasteiger partial charge is 0.251 e. The molecule has 2 fully saturated rings. The lowest BCUT2D eigenvalue weighted by Gasteiger charge is -2.15. The van der Waals surface area contributed by atoms with E-state index in [2.05, 4.69) is 15.4 Å². The average molecular weight is 395 g/mol. The van der Waals surface area contributed by atoms with Gasteiger partial charge in [0.2, 0.25) is 15.9 Å². The van der Waals surface area contributed by atoms with Gasteiger partial charge in [0.1, 0.15) is 10.6 Å². The van der Waals surface area contributed by atoms with Crippen LogP contribution in [0.1, 0.15) is 48.9 Å². The molecule has 2 saturated carbocycles. The van der Waals surface area contributed by atoms with Crippen molar-refractivity contribution >= 4 is 21.8 Å². The number of rotatable bonds is 8. The van der Waals surface area contributed by atoms with Gasteiger partial charge in [-0.1, -0.05) is 12.8 Å². The Bertz CT molecular complexity index is 814. The Kier molecular flexibility index (Phi) is 6.01. The van der Waals surface area contributed by atoms with Gasteiger partial charge in [-0.3, -0.25) is 9.59 Å². The highest BCUT2D eigenvalue weighted by molar-refractivity contribution is 7.89. The third-order valence-electron chi connectivity index (χ3n) is 4.74. The van der Waals surface area contributed by atoms with Crippen molar-refractivity contribution in [1.29, 1.82) is 0 Å². The molecule has 2 aliphatic rings. The molecule has 0 bridgehead atoms. The molecule has 148 valence electrons. The maximum absolute atomic E-state index is 12.8. The van der Waals surface area contributed by atoms with E-state index in [0.717, 1.165) is 38.5 Å². The van der Waals surface area contributed by atoms with Gasteiger partial charge in [-0.25, -0.2) is 13.1 Å². The summed E-state index contributed by atoms with van der Waals surface area (Å²) in [5, 5.41) is 5.29. The van der Waals surface area contributed by atoms with Crippen molar-refractivity contribution in [2.75, 3.05) is 13.7 Å². The minimum atomic E-state index is -3.82. The van der Waals surface area contributed by atoms with E-state index in [0.29, 0.717) is 0 Å². The summed E-state index contributed by atoms with van der Waals surface area (Å²) in [5.74, 6) is -0.598. The minimum Gasteiger partial charge on any atom is -0.495 e. The van der Waals surface area contributed by atoms with E-state index in [1.807, 2.05) is 0 Å². The normalized spacial score (nSPS) is 17.5. The third kappa shape index (κ3) is 5.20. The first kappa shape index (κ1) is 19.6. The molecule has 8 nitrogen and oxygen atoms in total. The molecule has 3 rings (SSSR count). The molecule has 0 aliphatic heterocycles. The van der Waals surface area contributed by atoms with Gasteiger partial charge < -0.3 is 15.4 Å². The van der Waals surface area contributed by atoms with E-state index in [1.165, 1.54) is 25.3 Å². The molecule has 0 aromatic heterocycles. The zero-order valence-electron chi connectivity index (χ0n) is 15.3. The van der Waals surface area contributed by atoms with E-state index in [9.17, 15) is 18.0 Å². The Balaban J connectivity index is 1.71. The highest BCUT2D eigenvalue weighted by Gasteiger charge is 2.27. The summed E-state index contributed by atoms with van der Waals surface area (Å²) in [7, 11) is -2.43. The summed E-state index contributed by atoms with van der Waals surface area (Å²) in [6.45, 7) is -0.149. The zero-order chi connectivity index (χ0) is 19.4. The molecular weight excluding hydrogens is 370 g/mol. The number of carbonyl (C=O) groups excluding carboxylic acids is 2. The monoisotopic (exact) mass is 395 g/mol. The number of hydrogen-bond acceptors (Lipinski definition) is 5. The van der Waals surface area contributed by atoms with Gasteiger partial charge in [0.05, 0.1) is 13.7 Å². The second kappa shape index (κ2) is 8.26. The maximum atomic E-state index is 12.8. The lowest BCUT2D eigenvalue weighted by Crippen LogP contribution is -2.38. The fraction of sp³-hybridized carbons (Fsp3) is 0.556. The number of hydrogen-bond donors (Lipinski definition) is 3. The summed E-state index contributed by atoms with van der Waals surface area (Å²) in [5.41, 5.74) is 0.154. The highest BCUT2D eigenvalue weighted by atomic mass is 32.2. The lowest BCUT2D eigenvalue weighted by atomic mass is 10.2. The van der Waals surface area contributed by atoms with Crippen LogP contribution in [0.3, 0.4) is 0 Å². The predicted molar refractivity (Wildman–Crippen MR) is 99.1 cm³/mol. The largest absolute Gasteiger partial charge is 0.495 e. The number of ether oxygens (including phenoxy) is 1. The fourth-order valence-corrected chi connectivity index (χ4v) is 4.62. The molecule has 2 aliphatic carbocycles. The molecule has 0 unspecified atom stereocenters. The lowest BCUT2D eigenvalue weighted by molar-refractivity contribution is -0.120. The van der Waals surface area contributed by atoms with Crippen LogP contribution in [0.25, 0.3) is 0 Å². The Labute approximate surface area is 159 Å². The van der Waals surface area contributed by atoms with E-state index < -0.39 is 15.9 Å². The zero-order valence-corrected chi connectivity index (χ0v) is 16.1. The van der Waals surface area contributed by atoms with Crippen LogP contribution in [-0.4, -0.2) is 46.0 Å². The number of methoxy groups -OCH3 is 1. The molecule has 27 heavy (non-hydrogen) atoms. The van der Waals surface area contributed by atoms with Gasteiger partial charge in [0, 0.05) is 17.6 Å². The molecule has 2 amide bonds. The van der Waals surface area contributed by atoms with Gasteiger partial charge >= 0.3 is 0 Å². The second-order valence-corrected chi connectivity index (χ2v) is 8.68. The van der Waals surface area contributed by atoms with Gasteiger partial charge in [0.25, 0.3) is 5.91 Å². The molecule has 0 atom stereocenters. The minimum absolute atomic E-state index is 0.0769. The van der Waals surface area contributed by atoms with Crippen LogP contribution in [0.4, 0.5) is 0 Å². The van der Waals surface area contributed by atoms with E-state index in [4.69, 9.17) is 4.74 Å². The van der Waals surface area contributed by atoms with E-state index in [1.54, 1.807) is 0 Å². The number of sulfonamides is 1. The van der Waals surface area contributed by atoms with Crippen molar-refractivity contribution in [3.63, 3.8) is 0 Å². The van der Waals surface area contributed by atoms with Crippen molar-refractivity contribution in [3.8, 4) is 5.75 Å². The van der Waals surface area contributed by atoms with Crippen LogP contribution >= 0.6 is 0 Å². The fourth-order valence-electron chi connectivity index (χ4n) is 3.12. The molecule has 1 aromatic carbocycles. The third-order valence-corrected chi connectivity index (χ3v) is 6.29. The summed E-state index contributed by atoms with van der Waals surface area (Å²) in [6.07, 6.45) is 5.53. The summed E-state index contributed by atoms with van der Waals surface area (Å²) >= 11 is 0. The molecule has 9 heteroatoms. The SMILES string of the molecule is COc1ccc(C(=O)NCC(=O)NC2CC2)cc1S(=O)(=O)NC1CCCC1. The van der Waals surface area contributed by atoms with Crippen molar-refractivity contribution in [2.24, 2.45) is 0 Å². The Hall–Kier alpha value is -2.13. The summed E-state index contributed by atoms with van der Waals surface area (Å²) in [6, 6.07) is 4.32. The van der Waals surface area contributed by atoms with Crippen LogP contribution < -0.4 is 20.1 Å². The van der Waals surface area contributed by atoms with Gasteiger partial charge in [-0.2, -0.15) is 0 Å². The number of carbonyl (C=O) groups is 2. The van der Waals surface area contributed by atoms with Crippen molar-refractivity contribution in [1.82, 2.24) is 15.4 Å². The number of benzene rings is 1. The Morgan fingerprint density at radius 3 is 2.44 bits per heavy atom. The van der Waals surface area contributed by atoms with Crippen molar-refractivity contribution in [3.05, 3.63) is 23.8 Å². The first-order chi connectivity index (χ1) is 12.9. The van der Waals surface area contributed by atoms with Gasteiger partial charge in [-0.05, 0) is 43.9 Å². The number of amides is 2. The van der Waals surface area contributed by atoms with Crippen LogP contribution in [0.5, 0.6) is 5.75 Å². The molecule has 0 radical (unpaired) electrons. The van der Waals surface area contributed by atoms with Crippen molar-refractivity contribution < 1.29 is 22.7 Å². The predicted octanol–water partition coefficient (Wildman–Crippen LogP) is 0.924. The van der Waals surface area contributed by atoms with Crippen LogP contribution in [0, 0.1) is 0 Å². The molecule has 0 saturated heterocycles. The number of nitrogens with one attached hydrogen (secondary N) is 3. The second-order valence-electron chi connectivity index (χ2n) is 6.99. The highest BCUT2D eigenvalue weighted by Crippen LogP contribution is 2.27. The summed E-state index contributed by atoms with van der Waals surface area (Å²) in [4.78, 5) is 23.9. The molecule has 3 N–H and O–H groups in total. The molecular formula is C18H25N3O5S. The maximum Gasteiger partial charge on any atom is 0.251 e. The standard InChI is InChI=1S/C18H25N3O5S/c1-26-15-9-6-12(18(23)19-11-17(22)20-13-7-8-13)10-16(15)27(24,25)21-14-4-2-3-5-14/h6,9-10,13-14,21H,2-5,7-8,11H2,1H3,(H,19,23)(H,20,22). The van der Waals surface area contributed by atoms with E-state index in [-0.39, 0.29) is 40.7 Å². The summed E-state index contributed by atoms with van der Waals surface area (Å²) < 4.78 is 33.4. The molecule has 1 aromatic rings. The average Bonchev–Trinajstić information content (AvgIpc) is 3.31. The Morgan fingerprint density at radius 1 is 1.11 bits per heavy atom. The van der Waals surface area contributed by atoms with Gasteiger partial charge in [0.15, 0.2) is 0 Å². The first-order valence-corrected chi connectivity index (χ1v) is 10.7. The van der Waals surface area contributed by atoms with Crippen LogP contribution in [0.15, 0.2) is 23.1 Å². The molecule has 0 heterocycles. The topological polar surface area (TPSA) is 114 Å².